The molecular formula is C16H26O3. The normalized spacial score (nSPS) is 15.3. The predicted molar refractivity (Wildman–Crippen MR) is 78.8 cm³/mol. The van der Waals surface area contributed by atoms with Crippen LogP contribution in [0.1, 0.15) is 46.5 Å². The number of unbranched alkanes of at least 4 members (excludes halogenated alkanes) is 1. The number of esters is 1. The van der Waals surface area contributed by atoms with Crippen LogP contribution in [0, 0.1) is 0 Å². The highest BCUT2D eigenvalue weighted by Gasteiger charge is 2.10. The maximum absolute atomic E-state index is 11.7. The van der Waals surface area contributed by atoms with Gasteiger partial charge in [-0.25, -0.2) is 4.79 Å². The minimum atomic E-state index is -0.281. The molecule has 0 aliphatic rings. The zero-order valence-corrected chi connectivity index (χ0v) is 12.3. The van der Waals surface area contributed by atoms with Crippen molar-refractivity contribution < 1.29 is 14.6 Å². The molecule has 0 aromatic heterocycles. The number of rotatable bonds is 9. The molecule has 19 heavy (non-hydrogen) atoms. The van der Waals surface area contributed by atoms with Crippen molar-refractivity contribution in [3.8, 4) is 0 Å². The summed E-state index contributed by atoms with van der Waals surface area (Å²) in [6.07, 6.45) is 10.1. The molecule has 0 heterocycles. The average molecular weight is 266 g/mol. The van der Waals surface area contributed by atoms with E-state index in [1.165, 1.54) is 0 Å². The predicted octanol–water partition coefficient (Wildman–Crippen LogP) is 3.55. The molecule has 3 heteroatoms. The van der Waals surface area contributed by atoms with Gasteiger partial charge in [-0.2, -0.15) is 0 Å². The van der Waals surface area contributed by atoms with Crippen LogP contribution in [0.15, 0.2) is 36.5 Å². The molecule has 0 bridgehead atoms. The third-order valence-electron chi connectivity index (χ3n) is 2.71. The number of allylic oxidation sites excluding steroid dienone is 4. The van der Waals surface area contributed by atoms with Gasteiger partial charge in [0.2, 0.25) is 0 Å². The minimum Gasteiger partial charge on any atom is -0.459 e. The van der Waals surface area contributed by atoms with Gasteiger partial charge in [-0.15, -0.1) is 0 Å². The number of carbonyl (C=O) groups excluding carboxylic acids is 1. The van der Waals surface area contributed by atoms with E-state index >= 15 is 0 Å². The zero-order valence-electron chi connectivity index (χ0n) is 12.3. The summed E-state index contributed by atoms with van der Waals surface area (Å²) in [6, 6.07) is 0. The van der Waals surface area contributed by atoms with Crippen molar-refractivity contribution >= 4 is 5.97 Å². The van der Waals surface area contributed by atoms with Crippen LogP contribution in [0.2, 0.25) is 0 Å². The molecule has 0 amide bonds. The molecule has 0 radical (unpaired) electrons. The lowest BCUT2D eigenvalue weighted by molar-refractivity contribution is -0.143. The molecule has 3 nitrogen and oxygen atoms in total. The van der Waals surface area contributed by atoms with Gasteiger partial charge in [0.1, 0.15) is 0 Å². The first kappa shape index (κ1) is 17.6. The van der Waals surface area contributed by atoms with Crippen LogP contribution >= 0.6 is 0 Å². The lowest BCUT2D eigenvalue weighted by Crippen LogP contribution is -2.15. The number of carbonyl (C=O) groups is 1. The SMILES string of the molecule is C=C/C=C\C=C(/C)C(=O)OC(C)CCCCC(C)O. The first-order chi connectivity index (χ1) is 8.97. The number of hydrogen-bond acceptors (Lipinski definition) is 3. The van der Waals surface area contributed by atoms with Gasteiger partial charge in [-0.3, -0.25) is 0 Å². The van der Waals surface area contributed by atoms with Crippen LogP contribution < -0.4 is 0 Å². The summed E-state index contributed by atoms with van der Waals surface area (Å²) in [5.74, 6) is -0.281. The van der Waals surface area contributed by atoms with E-state index in [1.54, 1.807) is 38.2 Å². The Balaban J connectivity index is 3.94. The molecule has 108 valence electrons. The van der Waals surface area contributed by atoms with Crippen molar-refractivity contribution in [1.82, 2.24) is 0 Å². The molecular weight excluding hydrogens is 240 g/mol. The molecule has 2 unspecified atom stereocenters. The summed E-state index contributed by atoms with van der Waals surface area (Å²) in [7, 11) is 0. The van der Waals surface area contributed by atoms with Crippen LogP contribution in [0.3, 0.4) is 0 Å². The molecule has 0 fully saturated rings. The monoisotopic (exact) mass is 266 g/mol. The average Bonchev–Trinajstić information content (AvgIpc) is 2.34. The van der Waals surface area contributed by atoms with Crippen LogP contribution in [0.4, 0.5) is 0 Å². The third-order valence-corrected chi connectivity index (χ3v) is 2.71. The Morgan fingerprint density at radius 2 is 1.89 bits per heavy atom. The molecule has 0 aliphatic heterocycles. The Morgan fingerprint density at radius 3 is 2.47 bits per heavy atom. The zero-order chi connectivity index (χ0) is 14.7. The first-order valence-corrected chi connectivity index (χ1v) is 6.82. The molecule has 0 spiro atoms. The highest BCUT2D eigenvalue weighted by atomic mass is 16.5. The van der Waals surface area contributed by atoms with Crippen LogP contribution in [0.25, 0.3) is 0 Å². The summed E-state index contributed by atoms with van der Waals surface area (Å²) in [5.41, 5.74) is 0.578. The van der Waals surface area contributed by atoms with Crippen molar-refractivity contribution in [2.75, 3.05) is 0 Å². The minimum absolute atomic E-state index is 0.0896. The van der Waals surface area contributed by atoms with Gasteiger partial charge >= 0.3 is 5.97 Å². The summed E-state index contributed by atoms with van der Waals surface area (Å²) >= 11 is 0. The molecule has 0 aromatic carbocycles. The van der Waals surface area contributed by atoms with E-state index in [1.807, 2.05) is 6.92 Å². The van der Waals surface area contributed by atoms with Crippen LogP contribution in [-0.4, -0.2) is 23.3 Å². The van der Waals surface area contributed by atoms with Crippen molar-refractivity contribution in [3.63, 3.8) is 0 Å². The van der Waals surface area contributed by atoms with E-state index in [0.29, 0.717) is 5.57 Å². The maximum Gasteiger partial charge on any atom is 0.333 e. The Hall–Kier alpha value is -1.35. The second-order valence-electron chi connectivity index (χ2n) is 4.82. The van der Waals surface area contributed by atoms with Gasteiger partial charge in [-0.05, 0) is 40.0 Å². The Kier molecular flexibility index (Phi) is 9.81. The number of aliphatic hydroxyl groups excluding tert-OH is 1. The van der Waals surface area contributed by atoms with Gasteiger partial charge in [-0.1, -0.05) is 37.3 Å². The van der Waals surface area contributed by atoms with Crippen LogP contribution in [0.5, 0.6) is 0 Å². The van der Waals surface area contributed by atoms with Crippen molar-refractivity contribution in [2.24, 2.45) is 0 Å². The number of hydrogen-bond donors (Lipinski definition) is 1. The van der Waals surface area contributed by atoms with Gasteiger partial charge < -0.3 is 9.84 Å². The maximum atomic E-state index is 11.7. The molecule has 0 aliphatic carbocycles. The van der Waals surface area contributed by atoms with Gasteiger partial charge in [0.25, 0.3) is 0 Å². The molecule has 0 saturated carbocycles. The molecule has 0 saturated heterocycles. The summed E-state index contributed by atoms with van der Waals surface area (Å²) < 4.78 is 5.32. The Labute approximate surface area is 116 Å². The fraction of sp³-hybridized carbons (Fsp3) is 0.562. The number of ether oxygens (including phenoxy) is 1. The smallest absolute Gasteiger partial charge is 0.333 e. The Bertz CT molecular complexity index is 327. The van der Waals surface area contributed by atoms with E-state index in [4.69, 9.17) is 9.84 Å². The highest BCUT2D eigenvalue weighted by molar-refractivity contribution is 5.88. The van der Waals surface area contributed by atoms with E-state index < -0.39 is 0 Å². The molecule has 2 atom stereocenters. The quantitative estimate of drug-likeness (QED) is 0.300. The van der Waals surface area contributed by atoms with Gasteiger partial charge in [0.05, 0.1) is 12.2 Å². The lowest BCUT2D eigenvalue weighted by atomic mass is 10.1. The highest BCUT2D eigenvalue weighted by Crippen LogP contribution is 2.10. The largest absolute Gasteiger partial charge is 0.459 e. The fourth-order valence-electron chi connectivity index (χ4n) is 1.55. The van der Waals surface area contributed by atoms with Gasteiger partial charge in [0, 0.05) is 5.57 Å². The second kappa shape index (κ2) is 10.6. The van der Waals surface area contributed by atoms with Crippen molar-refractivity contribution in [3.05, 3.63) is 36.5 Å². The lowest BCUT2D eigenvalue weighted by Gasteiger charge is -2.13. The Morgan fingerprint density at radius 1 is 1.26 bits per heavy atom. The van der Waals surface area contributed by atoms with Crippen LogP contribution in [-0.2, 0) is 9.53 Å². The second-order valence-corrected chi connectivity index (χ2v) is 4.82. The van der Waals surface area contributed by atoms with E-state index in [0.717, 1.165) is 25.7 Å². The molecule has 0 aromatic rings. The summed E-state index contributed by atoms with van der Waals surface area (Å²) in [4.78, 5) is 11.7. The van der Waals surface area contributed by atoms with E-state index in [9.17, 15) is 4.79 Å². The third kappa shape index (κ3) is 10.3. The number of aliphatic hydroxyl groups is 1. The topological polar surface area (TPSA) is 46.5 Å². The molecule has 0 rings (SSSR count). The molecule has 1 N–H and O–H groups in total. The fourth-order valence-corrected chi connectivity index (χ4v) is 1.55. The van der Waals surface area contributed by atoms with E-state index in [-0.39, 0.29) is 18.2 Å². The summed E-state index contributed by atoms with van der Waals surface area (Å²) in [5, 5.41) is 9.13. The first-order valence-electron chi connectivity index (χ1n) is 6.82. The van der Waals surface area contributed by atoms with Gasteiger partial charge in [0.15, 0.2) is 0 Å². The standard InChI is InChI=1S/C16H26O3/c1-5-6-7-10-13(2)16(18)19-15(4)12-9-8-11-14(3)17/h5-7,10,14-15,17H,1,8-9,11-12H2,2-4H3/b7-6-,13-10+. The van der Waals surface area contributed by atoms with E-state index in [2.05, 4.69) is 6.58 Å². The summed E-state index contributed by atoms with van der Waals surface area (Å²) in [6.45, 7) is 8.97. The van der Waals surface area contributed by atoms with Crippen molar-refractivity contribution in [1.29, 1.82) is 0 Å². The van der Waals surface area contributed by atoms with Crippen molar-refractivity contribution in [2.45, 2.75) is 58.7 Å².